The van der Waals surface area contributed by atoms with Crippen molar-refractivity contribution in [3.05, 3.63) is 0 Å². The van der Waals surface area contributed by atoms with Gasteiger partial charge in [0.15, 0.2) is 0 Å². The number of nitrogens with one attached hydrogen (secondary N) is 1. The lowest BCUT2D eigenvalue weighted by Crippen LogP contribution is -2.38. The van der Waals surface area contributed by atoms with E-state index in [1.165, 1.54) is 4.90 Å². The number of carbonyl (C=O) groups excluding carboxylic acids is 1. The van der Waals surface area contributed by atoms with Crippen molar-refractivity contribution in [3.63, 3.8) is 0 Å². The van der Waals surface area contributed by atoms with Gasteiger partial charge in [-0.2, -0.15) is 5.26 Å². The van der Waals surface area contributed by atoms with Crippen LogP contribution in [-0.2, 0) is 0 Å². The Balaban J connectivity index is 3.57. The average molecular weight is 157 g/mol. The van der Waals surface area contributed by atoms with Crippen LogP contribution in [0.15, 0.2) is 0 Å². The van der Waals surface area contributed by atoms with Crippen molar-refractivity contribution < 1.29 is 9.90 Å². The monoisotopic (exact) mass is 157 g/mol. The lowest BCUT2D eigenvalue weighted by molar-refractivity contribution is 0.191. The Labute approximate surface area is 65.2 Å². The molecule has 0 aliphatic rings. The Kier molecular flexibility index (Phi) is 4.86. The van der Waals surface area contributed by atoms with E-state index in [0.717, 1.165) is 0 Å². The van der Waals surface area contributed by atoms with Gasteiger partial charge in [0.2, 0.25) is 0 Å². The molecule has 5 heteroatoms. The number of nitrogens with zero attached hydrogens (tertiary/aromatic N) is 2. The van der Waals surface area contributed by atoms with Crippen LogP contribution in [-0.4, -0.2) is 42.8 Å². The average Bonchev–Trinajstić information content (AvgIpc) is 2.00. The van der Waals surface area contributed by atoms with Crippen LogP contribution < -0.4 is 5.32 Å². The van der Waals surface area contributed by atoms with Crippen molar-refractivity contribution in [3.8, 4) is 6.07 Å². The zero-order valence-electron chi connectivity index (χ0n) is 6.37. The van der Waals surface area contributed by atoms with E-state index in [2.05, 4.69) is 5.32 Å². The van der Waals surface area contributed by atoms with Gasteiger partial charge in [-0.1, -0.05) is 0 Å². The van der Waals surface area contributed by atoms with Gasteiger partial charge < -0.3 is 15.3 Å². The number of carbonyl (C=O) groups is 1. The molecule has 0 saturated carbocycles. The molecule has 0 fully saturated rings. The highest BCUT2D eigenvalue weighted by atomic mass is 16.3. The van der Waals surface area contributed by atoms with Crippen molar-refractivity contribution in [2.24, 2.45) is 0 Å². The molecule has 0 rings (SSSR count). The molecule has 0 aromatic carbocycles. The number of amides is 2. The summed E-state index contributed by atoms with van der Waals surface area (Å²) in [5, 5.41) is 18.9. The minimum Gasteiger partial charge on any atom is -0.395 e. The number of hydrogen-bond acceptors (Lipinski definition) is 3. The molecule has 0 aromatic rings. The van der Waals surface area contributed by atoms with Crippen molar-refractivity contribution >= 4 is 6.03 Å². The SMILES string of the molecule is CN(CCO)C(=O)NCC#N. The van der Waals surface area contributed by atoms with Gasteiger partial charge >= 0.3 is 6.03 Å². The zero-order valence-corrected chi connectivity index (χ0v) is 6.37. The van der Waals surface area contributed by atoms with E-state index < -0.39 is 0 Å². The molecule has 11 heavy (non-hydrogen) atoms. The lowest BCUT2D eigenvalue weighted by atomic mass is 10.6. The summed E-state index contributed by atoms with van der Waals surface area (Å²) >= 11 is 0. The second-order valence-electron chi connectivity index (χ2n) is 1.96. The smallest absolute Gasteiger partial charge is 0.318 e. The molecule has 2 amide bonds. The molecule has 0 unspecified atom stereocenters. The minimum atomic E-state index is -0.347. The maximum absolute atomic E-state index is 10.8. The summed E-state index contributed by atoms with van der Waals surface area (Å²) in [6, 6.07) is 1.43. The fourth-order valence-electron chi connectivity index (χ4n) is 0.502. The molecule has 0 radical (unpaired) electrons. The first-order valence-corrected chi connectivity index (χ1v) is 3.19. The van der Waals surface area contributed by atoms with Crippen molar-refractivity contribution in [1.29, 1.82) is 5.26 Å². The van der Waals surface area contributed by atoms with Crippen LogP contribution in [0.3, 0.4) is 0 Å². The van der Waals surface area contributed by atoms with Gasteiger partial charge in [0, 0.05) is 13.6 Å². The Morgan fingerprint density at radius 3 is 2.91 bits per heavy atom. The number of rotatable bonds is 3. The maximum atomic E-state index is 10.8. The van der Waals surface area contributed by atoms with Gasteiger partial charge in [-0.25, -0.2) is 4.79 Å². The van der Waals surface area contributed by atoms with E-state index in [9.17, 15) is 4.79 Å². The molecular weight excluding hydrogens is 146 g/mol. The number of aliphatic hydroxyl groups excluding tert-OH is 1. The normalized spacial score (nSPS) is 8.45. The first-order chi connectivity index (χ1) is 5.22. The molecule has 0 aliphatic carbocycles. The van der Waals surface area contributed by atoms with E-state index in [1.54, 1.807) is 13.1 Å². The van der Waals surface area contributed by atoms with E-state index in [-0.39, 0.29) is 25.7 Å². The van der Waals surface area contributed by atoms with Gasteiger partial charge in [-0.15, -0.1) is 0 Å². The minimum absolute atomic E-state index is 0.00536. The number of urea groups is 1. The van der Waals surface area contributed by atoms with Crippen LogP contribution >= 0.6 is 0 Å². The molecule has 0 spiro atoms. The third-order valence-electron chi connectivity index (χ3n) is 1.10. The van der Waals surface area contributed by atoms with E-state index in [4.69, 9.17) is 10.4 Å². The molecule has 0 atom stereocenters. The van der Waals surface area contributed by atoms with Gasteiger partial charge in [-0.05, 0) is 0 Å². The predicted molar refractivity (Wildman–Crippen MR) is 38.7 cm³/mol. The molecule has 0 aliphatic heterocycles. The second kappa shape index (κ2) is 5.50. The molecule has 0 heterocycles. The molecule has 0 aromatic heterocycles. The fraction of sp³-hybridized carbons (Fsp3) is 0.667. The first kappa shape index (κ1) is 9.72. The van der Waals surface area contributed by atoms with Crippen LogP contribution in [0.4, 0.5) is 4.79 Å². The summed E-state index contributed by atoms with van der Waals surface area (Å²) in [5.74, 6) is 0. The number of likely N-dealkylation sites (N-methyl/N-ethyl adjacent to an activating group) is 1. The van der Waals surface area contributed by atoms with Crippen LogP contribution in [0.25, 0.3) is 0 Å². The maximum Gasteiger partial charge on any atom is 0.318 e. The molecule has 62 valence electrons. The van der Waals surface area contributed by atoms with Crippen LogP contribution in [0, 0.1) is 11.3 Å². The van der Waals surface area contributed by atoms with Crippen molar-refractivity contribution in [2.45, 2.75) is 0 Å². The van der Waals surface area contributed by atoms with Gasteiger partial charge in [0.1, 0.15) is 6.54 Å². The number of nitriles is 1. The zero-order chi connectivity index (χ0) is 8.69. The number of hydrogen-bond donors (Lipinski definition) is 2. The Hall–Kier alpha value is -1.28. The summed E-state index contributed by atoms with van der Waals surface area (Å²) < 4.78 is 0. The first-order valence-electron chi connectivity index (χ1n) is 3.19. The van der Waals surface area contributed by atoms with Crippen molar-refractivity contribution in [2.75, 3.05) is 26.7 Å². The van der Waals surface area contributed by atoms with E-state index >= 15 is 0 Å². The predicted octanol–water partition coefficient (Wildman–Crippen LogP) is -0.856. The highest BCUT2D eigenvalue weighted by molar-refractivity contribution is 5.73. The van der Waals surface area contributed by atoms with Gasteiger partial charge in [0.05, 0.1) is 12.7 Å². The Bertz CT molecular complexity index is 164. The molecular formula is C6H11N3O2. The quantitative estimate of drug-likeness (QED) is 0.523. The van der Waals surface area contributed by atoms with E-state index in [0.29, 0.717) is 0 Å². The second-order valence-corrected chi connectivity index (χ2v) is 1.96. The Morgan fingerprint density at radius 1 is 1.82 bits per heavy atom. The van der Waals surface area contributed by atoms with Crippen molar-refractivity contribution in [1.82, 2.24) is 10.2 Å². The largest absolute Gasteiger partial charge is 0.395 e. The van der Waals surface area contributed by atoms with Crippen LogP contribution in [0.1, 0.15) is 0 Å². The van der Waals surface area contributed by atoms with Gasteiger partial charge in [0.25, 0.3) is 0 Å². The molecule has 5 nitrogen and oxygen atoms in total. The Morgan fingerprint density at radius 2 is 2.45 bits per heavy atom. The summed E-state index contributed by atoms with van der Waals surface area (Å²) in [6.07, 6.45) is 0. The highest BCUT2D eigenvalue weighted by Crippen LogP contribution is 1.81. The van der Waals surface area contributed by atoms with Crippen LogP contribution in [0.2, 0.25) is 0 Å². The molecule has 0 saturated heterocycles. The third kappa shape index (κ3) is 4.17. The standard InChI is InChI=1S/C6H11N3O2/c1-9(4-5-10)6(11)8-3-2-7/h10H,3-5H2,1H3,(H,8,11). The van der Waals surface area contributed by atoms with Gasteiger partial charge in [-0.3, -0.25) is 0 Å². The molecule has 2 N–H and O–H groups in total. The lowest BCUT2D eigenvalue weighted by Gasteiger charge is -2.14. The topological polar surface area (TPSA) is 76.4 Å². The number of aliphatic hydroxyl groups is 1. The summed E-state index contributed by atoms with van der Waals surface area (Å²) in [7, 11) is 1.54. The third-order valence-corrected chi connectivity index (χ3v) is 1.10. The molecule has 0 bridgehead atoms. The fourth-order valence-corrected chi connectivity index (χ4v) is 0.502. The highest BCUT2D eigenvalue weighted by Gasteiger charge is 2.04. The van der Waals surface area contributed by atoms with Crippen LogP contribution in [0.5, 0.6) is 0 Å². The summed E-state index contributed by atoms with van der Waals surface area (Å²) in [6.45, 7) is 0.197. The summed E-state index contributed by atoms with van der Waals surface area (Å²) in [4.78, 5) is 12.1. The van der Waals surface area contributed by atoms with E-state index in [1.807, 2.05) is 0 Å². The summed E-state index contributed by atoms with van der Waals surface area (Å²) in [5.41, 5.74) is 0.